The molecule has 0 aromatic heterocycles. The second kappa shape index (κ2) is 5.20. The van der Waals surface area contributed by atoms with Gasteiger partial charge in [-0.3, -0.25) is 4.79 Å². The highest BCUT2D eigenvalue weighted by molar-refractivity contribution is 5.79. The molecule has 3 nitrogen and oxygen atoms in total. The molecule has 3 aliphatic rings. The summed E-state index contributed by atoms with van der Waals surface area (Å²) < 4.78 is 5.45. The molecular weight excluding hydrogens is 226 g/mol. The molecule has 0 aromatic rings. The van der Waals surface area contributed by atoms with Gasteiger partial charge in [0.1, 0.15) is 0 Å². The summed E-state index contributed by atoms with van der Waals surface area (Å²) in [4.78, 5) is 14.6. The van der Waals surface area contributed by atoms with Crippen LogP contribution in [0.25, 0.3) is 0 Å². The maximum absolute atomic E-state index is 12.5. The van der Waals surface area contributed by atoms with E-state index in [1.807, 2.05) is 0 Å². The summed E-state index contributed by atoms with van der Waals surface area (Å²) in [7, 11) is 0. The van der Waals surface area contributed by atoms with Crippen LogP contribution in [0, 0.1) is 11.3 Å². The Bertz CT molecular complexity index is 304. The molecule has 2 saturated heterocycles. The van der Waals surface area contributed by atoms with E-state index >= 15 is 0 Å². The monoisotopic (exact) mass is 251 g/mol. The number of carbonyl (C=O) groups excluding carboxylic acids is 1. The number of ether oxygens (including phenoxy) is 1. The molecule has 2 aliphatic heterocycles. The zero-order valence-electron chi connectivity index (χ0n) is 11.3. The molecule has 3 rings (SSSR count). The van der Waals surface area contributed by atoms with Crippen molar-refractivity contribution in [2.24, 2.45) is 11.3 Å². The number of nitrogens with zero attached hydrogens (tertiary/aromatic N) is 1. The van der Waals surface area contributed by atoms with Crippen LogP contribution in [0.5, 0.6) is 0 Å². The fourth-order valence-electron chi connectivity index (χ4n) is 4.03. The zero-order chi connectivity index (χ0) is 12.4. The lowest BCUT2D eigenvalue weighted by Crippen LogP contribution is -2.39. The molecule has 2 heterocycles. The fourth-order valence-corrected chi connectivity index (χ4v) is 4.03. The minimum atomic E-state index is 0.150. The first-order chi connectivity index (χ1) is 8.79. The Morgan fingerprint density at radius 2 is 1.94 bits per heavy atom. The summed E-state index contributed by atoms with van der Waals surface area (Å²) in [5, 5.41) is 0. The highest BCUT2D eigenvalue weighted by Crippen LogP contribution is 2.44. The van der Waals surface area contributed by atoms with Crippen LogP contribution in [-0.2, 0) is 9.53 Å². The maximum Gasteiger partial charge on any atom is 0.228 e. The van der Waals surface area contributed by atoms with Gasteiger partial charge in [-0.1, -0.05) is 19.3 Å². The van der Waals surface area contributed by atoms with Crippen LogP contribution in [0.3, 0.4) is 0 Å². The van der Waals surface area contributed by atoms with E-state index in [9.17, 15) is 4.79 Å². The van der Waals surface area contributed by atoms with Gasteiger partial charge in [-0.15, -0.1) is 0 Å². The fraction of sp³-hybridized carbons (Fsp3) is 0.933. The van der Waals surface area contributed by atoms with E-state index in [0.29, 0.717) is 17.9 Å². The SMILES string of the molecule is O=C(C1CCCOC1)N1CCC2(CCCCC2)C1. The Labute approximate surface area is 110 Å². The van der Waals surface area contributed by atoms with Crippen LogP contribution in [0.15, 0.2) is 0 Å². The highest BCUT2D eigenvalue weighted by atomic mass is 16.5. The number of hydrogen-bond acceptors (Lipinski definition) is 2. The van der Waals surface area contributed by atoms with Crippen molar-refractivity contribution in [3.05, 3.63) is 0 Å². The van der Waals surface area contributed by atoms with Crippen molar-refractivity contribution < 1.29 is 9.53 Å². The molecule has 3 fully saturated rings. The second-order valence-electron chi connectivity index (χ2n) is 6.48. The van der Waals surface area contributed by atoms with Gasteiger partial charge in [0.15, 0.2) is 0 Å². The van der Waals surface area contributed by atoms with Gasteiger partial charge in [-0.2, -0.15) is 0 Å². The number of carbonyl (C=O) groups is 1. The van der Waals surface area contributed by atoms with Gasteiger partial charge in [0.2, 0.25) is 5.91 Å². The van der Waals surface area contributed by atoms with E-state index in [0.717, 1.165) is 32.5 Å². The third kappa shape index (κ3) is 2.42. The molecule has 0 radical (unpaired) electrons. The Kier molecular flexibility index (Phi) is 3.60. The van der Waals surface area contributed by atoms with Crippen LogP contribution in [0.2, 0.25) is 0 Å². The Balaban J connectivity index is 1.59. The van der Waals surface area contributed by atoms with Crippen molar-refractivity contribution in [1.82, 2.24) is 4.90 Å². The lowest BCUT2D eigenvalue weighted by molar-refractivity contribution is -0.139. The maximum atomic E-state index is 12.5. The van der Waals surface area contributed by atoms with Gasteiger partial charge in [0.25, 0.3) is 0 Å². The molecule has 0 N–H and O–H groups in total. The lowest BCUT2D eigenvalue weighted by atomic mass is 9.73. The number of likely N-dealkylation sites (tertiary alicyclic amines) is 1. The van der Waals surface area contributed by atoms with E-state index in [2.05, 4.69) is 4.90 Å². The van der Waals surface area contributed by atoms with E-state index in [4.69, 9.17) is 4.74 Å². The summed E-state index contributed by atoms with van der Waals surface area (Å²) in [6.45, 7) is 3.52. The average Bonchev–Trinajstić information content (AvgIpc) is 2.83. The van der Waals surface area contributed by atoms with Crippen LogP contribution >= 0.6 is 0 Å². The van der Waals surface area contributed by atoms with E-state index in [1.165, 1.54) is 38.5 Å². The number of rotatable bonds is 1. The van der Waals surface area contributed by atoms with Crippen molar-refractivity contribution in [2.45, 2.75) is 51.4 Å². The van der Waals surface area contributed by atoms with Gasteiger partial charge in [0, 0.05) is 19.7 Å². The third-order valence-corrected chi connectivity index (χ3v) is 5.17. The van der Waals surface area contributed by atoms with Gasteiger partial charge in [-0.25, -0.2) is 0 Å². The van der Waals surface area contributed by atoms with Crippen LogP contribution in [0.4, 0.5) is 0 Å². The second-order valence-corrected chi connectivity index (χ2v) is 6.48. The molecule has 18 heavy (non-hydrogen) atoms. The summed E-state index contributed by atoms with van der Waals surface area (Å²) in [5.74, 6) is 0.523. The van der Waals surface area contributed by atoms with E-state index < -0.39 is 0 Å². The van der Waals surface area contributed by atoms with E-state index in [1.54, 1.807) is 0 Å². The van der Waals surface area contributed by atoms with Crippen molar-refractivity contribution in [2.75, 3.05) is 26.3 Å². The first kappa shape index (κ1) is 12.5. The average molecular weight is 251 g/mol. The molecule has 1 unspecified atom stereocenters. The zero-order valence-corrected chi connectivity index (χ0v) is 11.3. The minimum absolute atomic E-state index is 0.150. The highest BCUT2D eigenvalue weighted by Gasteiger charge is 2.41. The number of amides is 1. The summed E-state index contributed by atoms with van der Waals surface area (Å²) >= 11 is 0. The van der Waals surface area contributed by atoms with Crippen LogP contribution in [-0.4, -0.2) is 37.1 Å². The third-order valence-electron chi connectivity index (χ3n) is 5.17. The standard InChI is InChI=1S/C15H25NO2/c17-14(13-5-4-10-18-11-13)16-9-8-15(12-16)6-2-1-3-7-15/h13H,1-12H2. The van der Waals surface area contributed by atoms with Crippen LogP contribution in [0.1, 0.15) is 51.4 Å². The largest absolute Gasteiger partial charge is 0.381 e. The minimum Gasteiger partial charge on any atom is -0.381 e. The van der Waals surface area contributed by atoms with Crippen molar-refractivity contribution >= 4 is 5.91 Å². The smallest absolute Gasteiger partial charge is 0.228 e. The van der Waals surface area contributed by atoms with Gasteiger partial charge < -0.3 is 9.64 Å². The van der Waals surface area contributed by atoms with Crippen molar-refractivity contribution in [3.63, 3.8) is 0 Å². The normalized spacial score (nSPS) is 31.8. The van der Waals surface area contributed by atoms with Crippen LogP contribution < -0.4 is 0 Å². The Hall–Kier alpha value is -0.570. The molecule has 0 bridgehead atoms. The van der Waals surface area contributed by atoms with Gasteiger partial charge >= 0.3 is 0 Å². The first-order valence-electron chi connectivity index (χ1n) is 7.66. The summed E-state index contributed by atoms with van der Waals surface area (Å²) in [6.07, 6.45) is 10.1. The molecule has 102 valence electrons. The molecule has 0 aromatic carbocycles. The van der Waals surface area contributed by atoms with Gasteiger partial charge in [-0.05, 0) is 37.5 Å². The lowest BCUT2D eigenvalue weighted by Gasteiger charge is -2.34. The first-order valence-corrected chi connectivity index (χ1v) is 7.66. The molecule has 1 spiro atoms. The summed E-state index contributed by atoms with van der Waals surface area (Å²) in [5.41, 5.74) is 0.490. The molecular formula is C15H25NO2. The van der Waals surface area contributed by atoms with Gasteiger partial charge in [0.05, 0.1) is 12.5 Å². The quantitative estimate of drug-likeness (QED) is 0.717. The topological polar surface area (TPSA) is 29.5 Å². The molecule has 3 heteroatoms. The van der Waals surface area contributed by atoms with E-state index in [-0.39, 0.29) is 5.92 Å². The predicted octanol–water partition coefficient (Wildman–Crippen LogP) is 2.60. The molecule has 1 aliphatic carbocycles. The Morgan fingerprint density at radius 1 is 1.11 bits per heavy atom. The Morgan fingerprint density at radius 3 is 2.67 bits per heavy atom. The molecule has 1 amide bonds. The summed E-state index contributed by atoms with van der Waals surface area (Å²) in [6, 6.07) is 0. The molecule has 1 saturated carbocycles. The molecule has 1 atom stereocenters. The number of hydrogen-bond donors (Lipinski definition) is 0. The van der Waals surface area contributed by atoms with Crippen molar-refractivity contribution in [1.29, 1.82) is 0 Å². The predicted molar refractivity (Wildman–Crippen MR) is 70.3 cm³/mol. The van der Waals surface area contributed by atoms with Crippen molar-refractivity contribution in [3.8, 4) is 0 Å².